The predicted molar refractivity (Wildman–Crippen MR) is 112 cm³/mol. The highest BCUT2D eigenvalue weighted by Gasteiger charge is 2.27. The van der Waals surface area contributed by atoms with Crippen molar-refractivity contribution in [3.05, 3.63) is 36.0 Å². The van der Waals surface area contributed by atoms with Crippen LogP contribution in [0.3, 0.4) is 0 Å². The molecule has 0 saturated carbocycles. The predicted octanol–water partition coefficient (Wildman–Crippen LogP) is -0.113. The number of aromatic nitrogens is 1. The molecule has 1 aromatic heterocycles. The number of hydrogen-bond donors (Lipinski definition) is 7. The number of carbonyl (C=O) groups is 4. The van der Waals surface area contributed by atoms with E-state index in [2.05, 4.69) is 28.2 Å². The molecule has 10 nitrogen and oxygen atoms in total. The maximum absolute atomic E-state index is 12.5. The summed E-state index contributed by atoms with van der Waals surface area (Å²) in [5.41, 5.74) is 7.75. The molecule has 30 heavy (non-hydrogen) atoms. The van der Waals surface area contributed by atoms with Crippen molar-refractivity contribution in [2.75, 3.05) is 5.75 Å². The number of hydrogen-bond acceptors (Lipinski definition) is 6. The molecule has 3 atom stereocenters. The lowest BCUT2D eigenvalue weighted by Gasteiger charge is -2.21. The molecule has 2 rings (SSSR count). The van der Waals surface area contributed by atoms with Crippen molar-refractivity contribution in [1.82, 2.24) is 15.6 Å². The topological polar surface area (TPSA) is 175 Å². The molecule has 0 bridgehead atoms. The molecule has 2 aromatic rings. The van der Waals surface area contributed by atoms with Crippen LogP contribution in [0, 0.1) is 0 Å². The van der Waals surface area contributed by atoms with Gasteiger partial charge >= 0.3 is 11.9 Å². The van der Waals surface area contributed by atoms with E-state index in [1.165, 1.54) is 0 Å². The Kier molecular flexibility index (Phi) is 8.25. The zero-order valence-corrected chi connectivity index (χ0v) is 16.9. The number of benzene rings is 1. The first-order valence-corrected chi connectivity index (χ1v) is 9.83. The molecule has 11 heteroatoms. The van der Waals surface area contributed by atoms with E-state index < -0.39 is 48.3 Å². The van der Waals surface area contributed by atoms with E-state index in [1.807, 2.05) is 24.3 Å². The third-order valence-electron chi connectivity index (χ3n) is 4.53. The van der Waals surface area contributed by atoms with Crippen LogP contribution in [0.15, 0.2) is 30.5 Å². The quantitative estimate of drug-likeness (QED) is 0.240. The fraction of sp³-hybridized carbons (Fsp3) is 0.368. The maximum atomic E-state index is 12.5. The fourth-order valence-electron chi connectivity index (χ4n) is 2.90. The van der Waals surface area contributed by atoms with Gasteiger partial charge in [-0.3, -0.25) is 14.4 Å². The normalized spacial score (nSPS) is 13.9. The van der Waals surface area contributed by atoms with Crippen LogP contribution in [-0.2, 0) is 25.6 Å². The van der Waals surface area contributed by atoms with Gasteiger partial charge in [-0.15, -0.1) is 0 Å². The van der Waals surface area contributed by atoms with Crippen molar-refractivity contribution in [3.63, 3.8) is 0 Å². The minimum absolute atomic E-state index is 0.0946. The molecule has 0 spiro atoms. The van der Waals surface area contributed by atoms with Gasteiger partial charge in [-0.2, -0.15) is 12.6 Å². The van der Waals surface area contributed by atoms with Crippen molar-refractivity contribution < 1.29 is 29.4 Å². The first kappa shape index (κ1) is 23.2. The number of amides is 2. The van der Waals surface area contributed by atoms with Gasteiger partial charge in [0.2, 0.25) is 11.8 Å². The summed E-state index contributed by atoms with van der Waals surface area (Å²) in [5, 5.41) is 23.5. The number of aromatic amines is 1. The third kappa shape index (κ3) is 6.22. The maximum Gasteiger partial charge on any atom is 0.326 e. The Morgan fingerprint density at radius 1 is 1.07 bits per heavy atom. The summed E-state index contributed by atoms with van der Waals surface area (Å²) < 4.78 is 0. The van der Waals surface area contributed by atoms with E-state index in [4.69, 9.17) is 15.9 Å². The van der Waals surface area contributed by atoms with E-state index in [-0.39, 0.29) is 18.6 Å². The van der Waals surface area contributed by atoms with Gasteiger partial charge in [-0.05, 0) is 24.5 Å². The molecule has 0 aliphatic rings. The molecule has 1 heterocycles. The summed E-state index contributed by atoms with van der Waals surface area (Å²) in [4.78, 5) is 49.8. The van der Waals surface area contributed by atoms with Crippen LogP contribution in [0.25, 0.3) is 10.9 Å². The zero-order chi connectivity index (χ0) is 22.3. The zero-order valence-electron chi connectivity index (χ0n) is 16.0. The molecule has 0 aliphatic heterocycles. The van der Waals surface area contributed by atoms with Crippen LogP contribution in [0.1, 0.15) is 18.4 Å². The lowest BCUT2D eigenvalue weighted by Crippen LogP contribution is -2.55. The Bertz CT molecular complexity index is 931. The summed E-state index contributed by atoms with van der Waals surface area (Å²) >= 11 is 4.03. The van der Waals surface area contributed by atoms with Crippen molar-refractivity contribution in [2.24, 2.45) is 5.73 Å². The Morgan fingerprint density at radius 3 is 2.37 bits per heavy atom. The van der Waals surface area contributed by atoms with Gasteiger partial charge in [0, 0.05) is 29.3 Å². The smallest absolute Gasteiger partial charge is 0.326 e. The van der Waals surface area contributed by atoms with Gasteiger partial charge in [0.15, 0.2) is 0 Å². The Hall–Kier alpha value is -3.05. The number of nitrogens with one attached hydrogen (secondary N) is 3. The molecule has 1 aromatic carbocycles. The van der Waals surface area contributed by atoms with Crippen molar-refractivity contribution >= 4 is 47.3 Å². The lowest BCUT2D eigenvalue weighted by atomic mass is 10.0. The Morgan fingerprint density at radius 2 is 1.73 bits per heavy atom. The van der Waals surface area contributed by atoms with Gasteiger partial charge in [0.1, 0.15) is 12.1 Å². The lowest BCUT2D eigenvalue weighted by molar-refractivity contribution is -0.143. The first-order valence-electron chi connectivity index (χ1n) is 9.19. The van der Waals surface area contributed by atoms with Gasteiger partial charge < -0.3 is 31.6 Å². The summed E-state index contributed by atoms with van der Waals surface area (Å²) in [7, 11) is 0. The number of H-pyrrole nitrogens is 1. The number of nitrogens with two attached hydrogens (primary N) is 1. The average Bonchev–Trinajstić information content (AvgIpc) is 3.11. The van der Waals surface area contributed by atoms with Gasteiger partial charge in [0.05, 0.1) is 6.04 Å². The summed E-state index contributed by atoms with van der Waals surface area (Å²) in [5.74, 6) is -4.02. The monoisotopic (exact) mass is 436 g/mol. The van der Waals surface area contributed by atoms with Gasteiger partial charge in [0.25, 0.3) is 0 Å². The molecule has 0 fully saturated rings. The van der Waals surface area contributed by atoms with Crippen LogP contribution < -0.4 is 16.4 Å². The van der Waals surface area contributed by atoms with Crippen LogP contribution in [-0.4, -0.2) is 62.8 Å². The molecule has 0 radical (unpaired) electrons. The number of carboxylic acid groups (broad SMARTS) is 2. The van der Waals surface area contributed by atoms with Crippen LogP contribution in [0.5, 0.6) is 0 Å². The largest absolute Gasteiger partial charge is 0.481 e. The van der Waals surface area contributed by atoms with E-state index in [0.29, 0.717) is 0 Å². The highest BCUT2D eigenvalue weighted by Crippen LogP contribution is 2.18. The highest BCUT2D eigenvalue weighted by atomic mass is 32.1. The summed E-state index contributed by atoms with van der Waals surface area (Å²) in [6, 6.07) is 4.09. The number of para-hydroxylation sites is 1. The highest BCUT2D eigenvalue weighted by molar-refractivity contribution is 7.80. The number of carbonyl (C=O) groups excluding carboxylic acids is 2. The van der Waals surface area contributed by atoms with E-state index in [0.717, 1.165) is 16.5 Å². The SMILES string of the molecule is NC(Cc1c[nH]c2ccccc12)C(=O)NC(CS)C(=O)NC(CCC(=O)O)C(=O)O. The molecule has 7 N–H and O–H groups in total. The van der Waals surface area contributed by atoms with Crippen LogP contribution in [0.2, 0.25) is 0 Å². The molecule has 2 amide bonds. The molecule has 0 saturated heterocycles. The second kappa shape index (κ2) is 10.6. The standard InChI is InChI=1S/C19H24N4O6S/c20-12(7-10-8-21-13-4-2-1-3-11(10)13)17(26)23-15(9-30)18(27)22-14(19(28)29)5-6-16(24)25/h1-4,8,12,14-15,21,30H,5-7,9,20H2,(H,22,27)(H,23,26)(H,24,25)(H,28,29). The third-order valence-corrected chi connectivity index (χ3v) is 4.89. The summed E-state index contributed by atoms with van der Waals surface area (Å²) in [6.07, 6.45) is 1.28. The van der Waals surface area contributed by atoms with Gasteiger partial charge in [-0.25, -0.2) is 4.79 Å². The Labute approximate surface area is 177 Å². The van der Waals surface area contributed by atoms with Crippen LogP contribution >= 0.6 is 12.6 Å². The van der Waals surface area contributed by atoms with Crippen molar-refractivity contribution in [3.8, 4) is 0 Å². The average molecular weight is 436 g/mol. The fourth-order valence-corrected chi connectivity index (χ4v) is 3.16. The van der Waals surface area contributed by atoms with E-state index in [9.17, 15) is 19.2 Å². The number of rotatable bonds is 11. The molecule has 162 valence electrons. The second-order valence-corrected chi connectivity index (χ2v) is 7.11. The first-order chi connectivity index (χ1) is 14.2. The van der Waals surface area contributed by atoms with Crippen LogP contribution in [0.4, 0.5) is 0 Å². The number of fused-ring (bicyclic) bond motifs is 1. The number of thiol groups is 1. The van der Waals surface area contributed by atoms with E-state index >= 15 is 0 Å². The summed E-state index contributed by atoms with van der Waals surface area (Å²) in [6.45, 7) is 0. The molecular formula is C19H24N4O6S. The van der Waals surface area contributed by atoms with Crippen molar-refractivity contribution in [1.29, 1.82) is 0 Å². The minimum atomic E-state index is -1.40. The van der Waals surface area contributed by atoms with Gasteiger partial charge in [-0.1, -0.05) is 18.2 Å². The second-order valence-electron chi connectivity index (χ2n) is 6.75. The van der Waals surface area contributed by atoms with Crippen molar-refractivity contribution in [2.45, 2.75) is 37.4 Å². The Balaban J connectivity index is 1.97. The molecular weight excluding hydrogens is 412 g/mol. The van der Waals surface area contributed by atoms with E-state index in [1.54, 1.807) is 6.20 Å². The number of carboxylic acids is 2. The number of aliphatic carboxylic acids is 2. The molecule has 0 aliphatic carbocycles. The molecule has 3 unspecified atom stereocenters. The minimum Gasteiger partial charge on any atom is -0.481 e.